The smallest absolute Gasteiger partial charge is 0.240 e. The van der Waals surface area contributed by atoms with Crippen LogP contribution in [0.2, 0.25) is 0 Å². The maximum Gasteiger partial charge on any atom is 0.240 e. The van der Waals surface area contributed by atoms with Crippen molar-refractivity contribution in [2.45, 2.75) is 19.3 Å². The number of carbonyl (C=O) groups excluding carboxylic acids is 1. The number of amides is 1. The Morgan fingerprint density at radius 3 is 2.67 bits per heavy atom. The van der Waals surface area contributed by atoms with Crippen LogP contribution in [0.5, 0.6) is 5.75 Å². The lowest BCUT2D eigenvalue weighted by atomic mass is 10.0. The van der Waals surface area contributed by atoms with E-state index in [0.717, 1.165) is 23.4 Å². The number of carbonyl (C=O) groups is 1. The Balaban J connectivity index is 1.97. The van der Waals surface area contributed by atoms with Crippen LogP contribution in [0.15, 0.2) is 29.4 Å². The number of hydrogen-bond donors (Lipinski definition) is 2. The van der Waals surface area contributed by atoms with Gasteiger partial charge in [0.15, 0.2) is 0 Å². The first-order valence-electron chi connectivity index (χ1n) is 6.08. The fraction of sp³-hybridized carbons (Fsp3) is 0.385. The summed E-state index contributed by atoms with van der Waals surface area (Å²) in [5.74, 6) is 0.799. The molecule has 0 saturated heterocycles. The van der Waals surface area contributed by atoms with Gasteiger partial charge in [0.2, 0.25) is 5.91 Å². The molecular formula is C13H17N3O2. The largest absolute Gasteiger partial charge is 0.494 e. The fourth-order valence-electron chi connectivity index (χ4n) is 1.70. The van der Waals surface area contributed by atoms with Crippen LogP contribution < -0.4 is 15.9 Å². The van der Waals surface area contributed by atoms with Crippen molar-refractivity contribution < 1.29 is 9.53 Å². The Hall–Kier alpha value is -1.88. The van der Waals surface area contributed by atoms with Crippen molar-refractivity contribution in [1.82, 2.24) is 5.43 Å². The third-order valence-corrected chi connectivity index (χ3v) is 2.71. The van der Waals surface area contributed by atoms with Crippen LogP contribution in [-0.4, -0.2) is 24.8 Å². The number of ether oxygens (including phenoxy) is 1. The number of nitrogens with two attached hydrogens (primary N) is 1. The second-order valence-electron chi connectivity index (χ2n) is 4.11. The molecule has 5 nitrogen and oxygen atoms in total. The van der Waals surface area contributed by atoms with Crippen LogP contribution in [0, 0.1) is 0 Å². The fourth-order valence-corrected chi connectivity index (χ4v) is 1.70. The lowest BCUT2D eigenvalue weighted by Gasteiger charge is -2.12. The molecule has 1 aliphatic heterocycles. The molecule has 0 aliphatic carbocycles. The number of rotatable bonds is 5. The molecule has 1 aromatic carbocycles. The van der Waals surface area contributed by atoms with Gasteiger partial charge in [0, 0.05) is 12.8 Å². The maximum atomic E-state index is 11.0. The number of nitrogens with zero attached hydrogens (tertiary/aromatic N) is 1. The van der Waals surface area contributed by atoms with Crippen molar-refractivity contribution in [3.05, 3.63) is 29.8 Å². The molecular weight excluding hydrogens is 230 g/mol. The minimum Gasteiger partial charge on any atom is -0.494 e. The molecule has 0 atom stereocenters. The Kier molecular flexibility index (Phi) is 4.30. The molecule has 0 radical (unpaired) electrons. The van der Waals surface area contributed by atoms with Crippen LogP contribution in [0.4, 0.5) is 0 Å². The molecule has 1 amide bonds. The van der Waals surface area contributed by atoms with E-state index >= 15 is 0 Å². The van der Waals surface area contributed by atoms with Crippen molar-refractivity contribution in [1.29, 1.82) is 0 Å². The van der Waals surface area contributed by atoms with E-state index in [1.54, 1.807) is 0 Å². The molecule has 0 spiro atoms. The van der Waals surface area contributed by atoms with E-state index in [4.69, 9.17) is 10.5 Å². The van der Waals surface area contributed by atoms with E-state index in [1.165, 1.54) is 0 Å². The normalized spacial score (nSPS) is 14.9. The Morgan fingerprint density at radius 1 is 1.28 bits per heavy atom. The SMILES string of the molecule is NCCCOc1ccc(C2=NNC(=O)CC2)cc1. The van der Waals surface area contributed by atoms with Crippen molar-refractivity contribution in [3.63, 3.8) is 0 Å². The zero-order chi connectivity index (χ0) is 12.8. The highest BCUT2D eigenvalue weighted by Crippen LogP contribution is 2.15. The average molecular weight is 247 g/mol. The van der Waals surface area contributed by atoms with Crippen LogP contribution in [0.1, 0.15) is 24.8 Å². The number of hydrogen-bond acceptors (Lipinski definition) is 4. The summed E-state index contributed by atoms with van der Waals surface area (Å²) in [6.45, 7) is 1.27. The highest BCUT2D eigenvalue weighted by atomic mass is 16.5. The van der Waals surface area contributed by atoms with Gasteiger partial charge in [-0.2, -0.15) is 5.10 Å². The molecule has 0 fully saturated rings. The first-order chi connectivity index (χ1) is 8.79. The maximum absolute atomic E-state index is 11.0. The predicted molar refractivity (Wildman–Crippen MR) is 69.5 cm³/mol. The van der Waals surface area contributed by atoms with Gasteiger partial charge in [-0.05, 0) is 42.8 Å². The van der Waals surface area contributed by atoms with Crippen molar-refractivity contribution in [2.24, 2.45) is 10.8 Å². The van der Waals surface area contributed by atoms with Gasteiger partial charge < -0.3 is 10.5 Å². The molecule has 18 heavy (non-hydrogen) atoms. The van der Waals surface area contributed by atoms with Crippen molar-refractivity contribution in [2.75, 3.05) is 13.2 Å². The van der Waals surface area contributed by atoms with E-state index in [-0.39, 0.29) is 5.91 Å². The summed E-state index contributed by atoms with van der Waals surface area (Å²) < 4.78 is 5.52. The number of nitrogens with one attached hydrogen (secondary N) is 1. The summed E-state index contributed by atoms with van der Waals surface area (Å²) in [5, 5.41) is 4.05. The molecule has 1 aliphatic rings. The Labute approximate surface area is 106 Å². The quantitative estimate of drug-likeness (QED) is 0.763. The molecule has 96 valence electrons. The molecule has 0 saturated carbocycles. The lowest BCUT2D eigenvalue weighted by molar-refractivity contribution is -0.121. The van der Waals surface area contributed by atoms with Crippen LogP contribution >= 0.6 is 0 Å². The molecule has 0 aromatic heterocycles. The van der Waals surface area contributed by atoms with Gasteiger partial charge in [-0.3, -0.25) is 4.79 Å². The molecule has 0 unspecified atom stereocenters. The van der Waals surface area contributed by atoms with Gasteiger partial charge in [-0.25, -0.2) is 5.43 Å². The summed E-state index contributed by atoms with van der Waals surface area (Å²) in [6, 6.07) is 7.72. The van der Waals surface area contributed by atoms with Crippen LogP contribution in [-0.2, 0) is 4.79 Å². The topological polar surface area (TPSA) is 76.7 Å². The van der Waals surface area contributed by atoms with Gasteiger partial charge in [0.05, 0.1) is 12.3 Å². The van der Waals surface area contributed by atoms with Gasteiger partial charge in [-0.15, -0.1) is 0 Å². The zero-order valence-corrected chi connectivity index (χ0v) is 10.2. The standard InChI is InChI=1S/C13H17N3O2/c14-8-1-9-18-11-4-2-10(3-5-11)12-6-7-13(17)16-15-12/h2-5H,1,6-9,14H2,(H,16,17). The Morgan fingerprint density at radius 2 is 2.06 bits per heavy atom. The summed E-state index contributed by atoms with van der Waals surface area (Å²) in [5.41, 5.74) is 9.81. The monoisotopic (exact) mass is 247 g/mol. The van der Waals surface area contributed by atoms with Gasteiger partial charge in [-0.1, -0.05) is 0 Å². The minimum absolute atomic E-state index is 0.0273. The number of benzene rings is 1. The lowest BCUT2D eigenvalue weighted by Crippen LogP contribution is -2.25. The van der Waals surface area contributed by atoms with Gasteiger partial charge in [0.1, 0.15) is 5.75 Å². The second-order valence-corrected chi connectivity index (χ2v) is 4.11. The van der Waals surface area contributed by atoms with E-state index in [1.807, 2.05) is 24.3 Å². The number of hydrazone groups is 1. The zero-order valence-electron chi connectivity index (χ0n) is 10.2. The molecule has 0 bridgehead atoms. The molecule has 2 rings (SSSR count). The first-order valence-corrected chi connectivity index (χ1v) is 6.08. The molecule has 5 heteroatoms. The molecule has 1 aromatic rings. The van der Waals surface area contributed by atoms with Crippen LogP contribution in [0.25, 0.3) is 0 Å². The van der Waals surface area contributed by atoms with Gasteiger partial charge >= 0.3 is 0 Å². The summed E-state index contributed by atoms with van der Waals surface area (Å²) in [6.07, 6.45) is 2.02. The van der Waals surface area contributed by atoms with E-state index in [0.29, 0.717) is 26.0 Å². The highest BCUT2D eigenvalue weighted by molar-refractivity contribution is 6.04. The van der Waals surface area contributed by atoms with Crippen LogP contribution in [0.3, 0.4) is 0 Å². The third-order valence-electron chi connectivity index (χ3n) is 2.71. The van der Waals surface area contributed by atoms with Crippen molar-refractivity contribution in [3.8, 4) is 5.75 Å². The summed E-state index contributed by atoms with van der Waals surface area (Å²) >= 11 is 0. The average Bonchev–Trinajstić information content (AvgIpc) is 2.41. The van der Waals surface area contributed by atoms with E-state index in [9.17, 15) is 4.79 Å². The molecule has 3 N–H and O–H groups in total. The van der Waals surface area contributed by atoms with Gasteiger partial charge in [0.25, 0.3) is 0 Å². The second kappa shape index (κ2) is 6.16. The van der Waals surface area contributed by atoms with E-state index < -0.39 is 0 Å². The van der Waals surface area contributed by atoms with Crippen molar-refractivity contribution >= 4 is 11.6 Å². The summed E-state index contributed by atoms with van der Waals surface area (Å²) in [7, 11) is 0. The third kappa shape index (κ3) is 3.30. The summed E-state index contributed by atoms with van der Waals surface area (Å²) in [4.78, 5) is 11.0. The van der Waals surface area contributed by atoms with E-state index in [2.05, 4.69) is 10.5 Å². The Bertz CT molecular complexity index is 440. The first kappa shape index (κ1) is 12.6. The predicted octanol–water partition coefficient (Wildman–Crippen LogP) is 1.03. The molecule has 1 heterocycles. The highest BCUT2D eigenvalue weighted by Gasteiger charge is 2.12. The minimum atomic E-state index is -0.0273.